The Bertz CT molecular complexity index is 579. The van der Waals surface area contributed by atoms with E-state index in [0.29, 0.717) is 11.7 Å². The van der Waals surface area contributed by atoms with Crippen LogP contribution < -0.4 is 16.0 Å². The van der Waals surface area contributed by atoms with Gasteiger partial charge in [-0.1, -0.05) is 18.2 Å². The van der Waals surface area contributed by atoms with Crippen LogP contribution in [0.2, 0.25) is 0 Å². The lowest BCUT2D eigenvalue weighted by molar-refractivity contribution is 0.262. The summed E-state index contributed by atoms with van der Waals surface area (Å²) >= 11 is 0. The summed E-state index contributed by atoms with van der Waals surface area (Å²) in [5.74, 6) is 0.849. The highest BCUT2D eigenvalue weighted by molar-refractivity contribution is 5.99. The predicted octanol–water partition coefficient (Wildman–Crippen LogP) is 3.30. The van der Waals surface area contributed by atoms with Crippen LogP contribution in [0.15, 0.2) is 48.7 Å². The van der Waals surface area contributed by atoms with Crippen molar-refractivity contribution in [3.05, 3.63) is 48.7 Å². The average molecular weight is 268 g/mol. The van der Waals surface area contributed by atoms with Gasteiger partial charge in [0.1, 0.15) is 5.82 Å². The van der Waals surface area contributed by atoms with Crippen molar-refractivity contribution < 1.29 is 4.79 Å². The number of carbonyl (C=O) groups excluding carboxylic acids is 1. The molecule has 3 rings (SSSR count). The Labute approximate surface area is 117 Å². The van der Waals surface area contributed by atoms with Crippen molar-refractivity contribution in [2.45, 2.75) is 18.9 Å². The van der Waals surface area contributed by atoms with E-state index in [1.807, 2.05) is 42.5 Å². The maximum Gasteiger partial charge on any atom is 0.323 e. The molecule has 0 aliphatic heterocycles. The van der Waals surface area contributed by atoms with Crippen LogP contribution in [0, 0.1) is 0 Å². The number of urea groups is 1. The van der Waals surface area contributed by atoms with Gasteiger partial charge in [-0.25, -0.2) is 9.78 Å². The zero-order valence-electron chi connectivity index (χ0n) is 11.0. The van der Waals surface area contributed by atoms with E-state index in [4.69, 9.17) is 0 Å². The number of rotatable bonds is 4. The SMILES string of the molecule is O=C(Nc1ccccc1)Nc1ccc(NC2CC2)nc1. The van der Waals surface area contributed by atoms with E-state index in [-0.39, 0.29) is 6.03 Å². The molecule has 0 unspecified atom stereocenters. The van der Waals surface area contributed by atoms with Gasteiger partial charge in [-0.05, 0) is 37.1 Å². The summed E-state index contributed by atoms with van der Waals surface area (Å²) in [6.07, 6.45) is 4.07. The molecule has 5 nitrogen and oxygen atoms in total. The molecule has 1 fully saturated rings. The minimum Gasteiger partial charge on any atom is -0.367 e. The Kier molecular flexibility index (Phi) is 3.50. The van der Waals surface area contributed by atoms with Gasteiger partial charge in [0, 0.05) is 11.7 Å². The van der Waals surface area contributed by atoms with E-state index in [1.165, 1.54) is 12.8 Å². The number of hydrogen-bond acceptors (Lipinski definition) is 3. The highest BCUT2D eigenvalue weighted by Crippen LogP contribution is 2.23. The molecule has 1 aromatic heterocycles. The fourth-order valence-corrected chi connectivity index (χ4v) is 1.80. The van der Waals surface area contributed by atoms with Gasteiger partial charge in [-0.2, -0.15) is 0 Å². The lowest BCUT2D eigenvalue weighted by Gasteiger charge is -2.08. The first-order valence-electron chi connectivity index (χ1n) is 6.65. The molecule has 0 radical (unpaired) electrons. The monoisotopic (exact) mass is 268 g/mol. The van der Waals surface area contributed by atoms with Crippen LogP contribution in [0.4, 0.5) is 22.0 Å². The molecular weight excluding hydrogens is 252 g/mol. The van der Waals surface area contributed by atoms with E-state index >= 15 is 0 Å². The second kappa shape index (κ2) is 5.61. The summed E-state index contributed by atoms with van der Waals surface area (Å²) in [7, 11) is 0. The third kappa shape index (κ3) is 3.47. The van der Waals surface area contributed by atoms with Crippen molar-refractivity contribution in [1.29, 1.82) is 0 Å². The number of para-hydroxylation sites is 1. The molecule has 0 spiro atoms. The molecule has 5 heteroatoms. The molecule has 0 saturated heterocycles. The van der Waals surface area contributed by atoms with Crippen molar-refractivity contribution in [2.75, 3.05) is 16.0 Å². The number of pyridine rings is 1. The van der Waals surface area contributed by atoms with Crippen LogP contribution >= 0.6 is 0 Å². The molecule has 20 heavy (non-hydrogen) atoms. The first-order chi connectivity index (χ1) is 9.79. The molecule has 1 aliphatic carbocycles. The van der Waals surface area contributed by atoms with Crippen LogP contribution in [0.1, 0.15) is 12.8 Å². The van der Waals surface area contributed by atoms with E-state index in [1.54, 1.807) is 6.20 Å². The normalized spacial score (nSPS) is 13.6. The number of nitrogens with one attached hydrogen (secondary N) is 3. The average Bonchev–Trinajstić information content (AvgIpc) is 3.26. The van der Waals surface area contributed by atoms with Gasteiger partial charge >= 0.3 is 6.03 Å². The van der Waals surface area contributed by atoms with Gasteiger partial charge in [0.15, 0.2) is 0 Å². The second-order valence-electron chi connectivity index (χ2n) is 4.80. The number of amides is 2. The Morgan fingerprint density at radius 1 is 1.00 bits per heavy atom. The summed E-state index contributed by atoms with van der Waals surface area (Å²) in [5.41, 5.74) is 1.42. The smallest absolute Gasteiger partial charge is 0.323 e. The Morgan fingerprint density at radius 3 is 2.40 bits per heavy atom. The fourth-order valence-electron chi connectivity index (χ4n) is 1.80. The maximum atomic E-state index is 11.8. The van der Waals surface area contributed by atoms with Gasteiger partial charge in [-0.3, -0.25) is 0 Å². The van der Waals surface area contributed by atoms with Crippen LogP contribution in [-0.2, 0) is 0 Å². The predicted molar refractivity (Wildman–Crippen MR) is 80.0 cm³/mol. The standard InChI is InChI=1S/C15H16N4O/c20-15(18-11-4-2-1-3-5-11)19-13-8-9-14(16-10-13)17-12-6-7-12/h1-5,8-10,12H,6-7H2,(H,16,17)(H2,18,19,20). The van der Waals surface area contributed by atoms with E-state index in [2.05, 4.69) is 20.9 Å². The summed E-state index contributed by atoms with van der Waals surface area (Å²) in [6.45, 7) is 0. The van der Waals surface area contributed by atoms with Crippen molar-refractivity contribution in [3.8, 4) is 0 Å². The van der Waals surface area contributed by atoms with Gasteiger partial charge in [0.05, 0.1) is 11.9 Å². The van der Waals surface area contributed by atoms with Crippen LogP contribution in [0.5, 0.6) is 0 Å². The minimum atomic E-state index is -0.277. The van der Waals surface area contributed by atoms with Crippen molar-refractivity contribution in [2.24, 2.45) is 0 Å². The molecule has 2 aromatic rings. The topological polar surface area (TPSA) is 66.1 Å². The summed E-state index contributed by atoms with van der Waals surface area (Å²) in [6, 6.07) is 13.3. The molecule has 3 N–H and O–H groups in total. The van der Waals surface area contributed by atoms with Crippen molar-refractivity contribution >= 4 is 23.2 Å². The molecule has 0 bridgehead atoms. The lowest BCUT2D eigenvalue weighted by atomic mass is 10.3. The Morgan fingerprint density at radius 2 is 1.75 bits per heavy atom. The highest BCUT2D eigenvalue weighted by atomic mass is 16.2. The van der Waals surface area contributed by atoms with Crippen molar-refractivity contribution in [3.63, 3.8) is 0 Å². The number of hydrogen-bond donors (Lipinski definition) is 3. The first-order valence-corrected chi connectivity index (χ1v) is 6.65. The molecular formula is C15H16N4O. The molecule has 102 valence electrons. The molecule has 0 atom stereocenters. The number of nitrogens with zero attached hydrogens (tertiary/aromatic N) is 1. The third-order valence-electron chi connectivity index (χ3n) is 2.98. The van der Waals surface area contributed by atoms with Crippen molar-refractivity contribution in [1.82, 2.24) is 4.98 Å². The third-order valence-corrected chi connectivity index (χ3v) is 2.98. The quantitative estimate of drug-likeness (QED) is 0.797. The molecule has 2 amide bonds. The molecule has 1 heterocycles. The largest absolute Gasteiger partial charge is 0.367 e. The Balaban J connectivity index is 1.55. The van der Waals surface area contributed by atoms with Gasteiger partial charge in [0.2, 0.25) is 0 Å². The van der Waals surface area contributed by atoms with E-state index < -0.39 is 0 Å². The zero-order chi connectivity index (χ0) is 13.8. The summed E-state index contributed by atoms with van der Waals surface area (Å²) in [5, 5.41) is 8.80. The fraction of sp³-hybridized carbons (Fsp3) is 0.200. The summed E-state index contributed by atoms with van der Waals surface area (Å²) < 4.78 is 0. The van der Waals surface area contributed by atoms with Gasteiger partial charge in [-0.15, -0.1) is 0 Å². The number of carbonyl (C=O) groups is 1. The molecule has 1 aromatic carbocycles. The zero-order valence-corrected chi connectivity index (χ0v) is 11.0. The van der Waals surface area contributed by atoms with E-state index in [0.717, 1.165) is 11.5 Å². The van der Waals surface area contributed by atoms with E-state index in [9.17, 15) is 4.79 Å². The molecule has 1 saturated carbocycles. The first kappa shape index (κ1) is 12.5. The number of benzene rings is 1. The highest BCUT2D eigenvalue weighted by Gasteiger charge is 2.20. The van der Waals surface area contributed by atoms with Crippen LogP contribution in [0.25, 0.3) is 0 Å². The Hall–Kier alpha value is -2.56. The lowest BCUT2D eigenvalue weighted by Crippen LogP contribution is -2.19. The molecule has 1 aliphatic rings. The van der Waals surface area contributed by atoms with Crippen LogP contribution in [-0.4, -0.2) is 17.1 Å². The number of aromatic nitrogens is 1. The van der Waals surface area contributed by atoms with Gasteiger partial charge < -0.3 is 16.0 Å². The minimum absolute atomic E-state index is 0.277. The number of anilines is 3. The maximum absolute atomic E-state index is 11.8. The van der Waals surface area contributed by atoms with Gasteiger partial charge in [0.25, 0.3) is 0 Å². The summed E-state index contributed by atoms with van der Waals surface area (Å²) in [4.78, 5) is 16.1. The van der Waals surface area contributed by atoms with Crippen LogP contribution in [0.3, 0.4) is 0 Å². The second-order valence-corrected chi connectivity index (χ2v) is 4.80.